The number of hydrogen-bond acceptors (Lipinski definition) is 5. The summed E-state index contributed by atoms with van der Waals surface area (Å²) in [5.41, 5.74) is 3.36. The summed E-state index contributed by atoms with van der Waals surface area (Å²) in [4.78, 5) is 20.7. The number of rotatable bonds is 6. The lowest BCUT2D eigenvalue weighted by Gasteiger charge is -2.10. The second kappa shape index (κ2) is 8.11. The molecule has 3 aromatic rings. The van der Waals surface area contributed by atoms with Crippen LogP contribution < -0.4 is 15.4 Å². The average molecular weight is 348 g/mol. The number of nitrogens with zero attached hydrogens (tertiary/aromatic N) is 2. The van der Waals surface area contributed by atoms with E-state index >= 15 is 0 Å². The van der Waals surface area contributed by atoms with Crippen LogP contribution in [0.2, 0.25) is 0 Å². The highest BCUT2D eigenvalue weighted by atomic mass is 16.5. The van der Waals surface area contributed by atoms with Gasteiger partial charge >= 0.3 is 0 Å². The van der Waals surface area contributed by atoms with Crippen LogP contribution in [0.1, 0.15) is 5.82 Å². The molecular weight excluding hydrogens is 328 g/mol. The van der Waals surface area contributed by atoms with Crippen molar-refractivity contribution in [1.82, 2.24) is 9.97 Å². The number of nitrogens with one attached hydrogen (secondary N) is 2. The van der Waals surface area contributed by atoms with Gasteiger partial charge in [0.05, 0.1) is 19.3 Å². The van der Waals surface area contributed by atoms with Crippen LogP contribution >= 0.6 is 0 Å². The third-order valence-electron chi connectivity index (χ3n) is 3.74. The maximum atomic E-state index is 12.1. The normalized spacial score (nSPS) is 10.2. The summed E-state index contributed by atoms with van der Waals surface area (Å²) in [6.07, 6.45) is 1.74. The Morgan fingerprint density at radius 2 is 1.88 bits per heavy atom. The lowest BCUT2D eigenvalue weighted by atomic mass is 10.1. The third-order valence-corrected chi connectivity index (χ3v) is 3.74. The first kappa shape index (κ1) is 17.4. The molecule has 0 fully saturated rings. The minimum Gasteiger partial charge on any atom is -0.497 e. The zero-order chi connectivity index (χ0) is 18.4. The van der Waals surface area contributed by atoms with Gasteiger partial charge in [-0.25, -0.2) is 9.97 Å². The number of amides is 1. The summed E-state index contributed by atoms with van der Waals surface area (Å²) in [5.74, 6) is 1.28. The van der Waals surface area contributed by atoms with Crippen LogP contribution in [-0.2, 0) is 4.79 Å². The Balaban J connectivity index is 1.62. The Morgan fingerprint density at radius 1 is 1.08 bits per heavy atom. The summed E-state index contributed by atoms with van der Waals surface area (Å²) in [5, 5.41) is 5.97. The van der Waals surface area contributed by atoms with Gasteiger partial charge in [0.2, 0.25) is 5.91 Å². The number of carbonyl (C=O) groups is 1. The highest BCUT2D eigenvalue weighted by molar-refractivity contribution is 5.94. The molecule has 1 amide bonds. The number of aryl methyl sites for hydroxylation is 1. The van der Waals surface area contributed by atoms with Crippen molar-refractivity contribution in [3.05, 3.63) is 66.6 Å². The zero-order valence-electron chi connectivity index (χ0n) is 14.7. The minimum absolute atomic E-state index is 0.137. The molecule has 0 radical (unpaired) electrons. The van der Waals surface area contributed by atoms with Gasteiger partial charge < -0.3 is 15.4 Å². The number of methoxy groups -OCH3 is 1. The van der Waals surface area contributed by atoms with Gasteiger partial charge in [0, 0.05) is 29.2 Å². The highest BCUT2D eigenvalue weighted by Crippen LogP contribution is 2.21. The quantitative estimate of drug-likeness (QED) is 0.713. The first-order valence-electron chi connectivity index (χ1n) is 8.22. The van der Waals surface area contributed by atoms with E-state index in [-0.39, 0.29) is 12.5 Å². The summed E-state index contributed by atoms with van der Waals surface area (Å²) in [6.45, 7) is 2.01. The fourth-order valence-corrected chi connectivity index (χ4v) is 2.49. The van der Waals surface area contributed by atoms with Crippen LogP contribution in [0.15, 0.2) is 60.8 Å². The molecule has 26 heavy (non-hydrogen) atoms. The Labute approximate surface area is 152 Å². The Kier molecular flexibility index (Phi) is 5.43. The van der Waals surface area contributed by atoms with Crippen molar-refractivity contribution in [2.24, 2.45) is 0 Å². The zero-order valence-corrected chi connectivity index (χ0v) is 14.7. The number of anilines is 2. The summed E-state index contributed by atoms with van der Waals surface area (Å²) >= 11 is 0. The van der Waals surface area contributed by atoms with E-state index in [9.17, 15) is 4.79 Å². The van der Waals surface area contributed by atoms with Gasteiger partial charge in [0.1, 0.15) is 11.6 Å². The van der Waals surface area contributed by atoms with Gasteiger partial charge in [-0.3, -0.25) is 4.79 Å². The molecule has 0 atom stereocenters. The molecule has 0 saturated carbocycles. The molecule has 0 unspecified atom stereocenters. The van der Waals surface area contributed by atoms with Crippen molar-refractivity contribution in [2.45, 2.75) is 6.92 Å². The number of ether oxygens (including phenoxy) is 1. The van der Waals surface area contributed by atoms with Crippen molar-refractivity contribution in [1.29, 1.82) is 0 Å². The van der Waals surface area contributed by atoms with E-state index in [0.717, 1.165) is 22.8 Å². The largest absolute Gasteiger partial charge is 0.497 e. The molecule has 6 nitrogen and oxygen atoms in total. The standard InChI is InChI=1S/C20H20N4O2/c1-14-21-10-9-19(23-14)15-5-3-6-16(11-15)22-13-20(25)24-17-7-4-8-18(12-17)26-2/h3-12,22H,13H2,1-2H3,(H,24,25). The van der Waals surface area contributed by atoms with E-state index in [1.165, 1.54) is 0 Å². The van der Waals surface area contributed by atoms with E-state index in [0.29, 0.717) is 11.4 Å². The van der Waals surface area contributed by atoms with Gasteiger partial charge in [-0.15, -0.1) is 0 Å². The van der Waals surface area contributed by atoms with E-state index in [1.54, 1.807) is 19.4 Å². The molecule has 132 valence electrons. The second-order valence-corrected chi connectivity index (χ2v) is 5.70. The lowest BCUT2D eigenvalue weighted by Crippen LogP contribution is -2.21. The van der Waals surface area contributed by atoms with Crippen molar-refractivity contribution < 1.29 is 9.53 Å². The smallest absolute Gasteiger partial charge is 0.243 e. The van der Waals surface area contributed by atoms with Crippen molar-refractivity contribution in [2.75, 3.05) is 24.3 Å². The molecule has 0 aliphatic carbocycles. The van der Waals surface area contributed by atoms with Crippen LogP contribution in [-0.4, -0.2) is 29.5 Å². The lowest BCUT2D eigenvalue weighted by molar-refractivity contribution is -0.114. The molecule has 1 heterocycles. The van der Waals surface area contributed by atoms with Crippen LogP contribution in [0.25, 0.3) is 11.3 Å². The van der Waals surface area contributed by atoms with Crippen molar-refractivity contribution in [3.63, 3.8) is 0 Å². The molecule has 0 spiro atoms. The Hall–Kier alpha value is -3.41. The van der Waals surface area contributed by atoms with Gasteiger partial charge in [0.25, 0.3) is 0 Å². The predicted molar refractivity (Wildman–Crippen MR) is 102 cm³/mol. The van der Waals surface area contributed by atoms with Crippen LogP contribution in [0.4, 0.5) is 11.4 Å². The molecule has 2 N–H and O–H groups in total. The monoisotopic (exact) mass is 348 g/mol. The van der Waals surface area contributed by atoms with E-state index in [4.69, 9.17) is 4.74 Å². The number of hydrogen-bond donors (Lipinski definition) is 2. The average Bonchev–Trinajstić information content (AvgIpc) is 2.67. The van der Waals surface area contributed by atoms with Gasteiger partial charge in [-0.2, -0.15) is 0 Å². The third kappa shape index (κ3) is 4.57. The maximum absolute atomic E-state index is 12.1. The summed E-state index contributed by atoms with van der Waals surface area (Å²) in [6, 6.07) is 16.9. The molecule has 1 aromatic heterocycles. The molecular formula is C20H20N4O2. The first-order valence-corrected chi connectivity index (χ1v) is 8.22. The van der Waals surface area contributed by atoms with Crippen LogP contribution in [0, 0.1) is 6.92 Å². The number of aromatic nitrogens is 2. The van der Waals surface area contributed by atoms with Gasteiger partial charge in [-0.05, 0) is 37.3 Å². The molecule has 6 heteroatoms. The molecule has 0 bridgehead atoms. The van der Waals surface area contributed by atoms with Gasteiger partial charge in [0.15, 0.2) is 0 Å². The van der Waals surface area contributed by atoms with Crippen LogP contribution in [0.5, 0.6) is 5.75 Å². The SMILES string of the molecule is COc1cccc(NC(=O)CNc2cccc(-c3ccnc(C)n3)c2)c1. The van der Waals surface area contributed by atoms with Crippen molar-refractivity contribution >= 4 is 17.3 Å². The van der Waals surface area contributed by atoms with E-state index in [2.05, 4.69) is 20.6 Å². The van der Waals surface area contributed by atoms with Crippen molar-refractivity contribution in [3.8, 4) is 17.0 Å². The topological polar surface area (TPSA) is 76.1 Å². The van der Waals surface area contributed by atoms with Crippen LogP contribution in [0.3, 0.4) is 0 Å². The molecule has 2 aromatic carbocycles. The van der Waals surface area contributed by atoms with E-state index < -0.39 is 0 Å². The Bertz CT molecular complexity index is 912. The van der Waals surface area contributed by atoms with E-state index in [1.807, 2.05) is 55.5 Å². The number of benzene rings is 2. The molecule has 0 saturated heterocycles. The predicted octanol–water partition coefficient (Wildman–Crippen LogP) is 3.51. The molecule has 0 aliphatic rings. The fourth-order valence-electron chi connectivity index (χ4n) is 2.49. The highest BCUT2D eigenvalue weighted by Gasteiger charge is 2.05. The number of carbonyl (C=O) groups excluding carboxylic acids is 1. The minimum atomic E-state index is -0.137. The second-order valence-electron chi connectivity index (χ2n) is 5.70. The first-order chi connectivity index (χ1) is 12.6. The summed E-state index contributed by atoms with van der Waals surface area (Å²) < 4.78 is 5.15. The molecule has 0 aliphatic heterocycles. The summed E-state index contributed by atoms with van der Waals surface area (Å²) in [7, 11) is 1.59. The molecule has 3 rings (SSSR count). The maximum Gasteiger partial charge on any atom is 0.243 e. The van der Waals surface area contributed by atoms with Gasteiger partial charge in [-0.1, -0.05) is 18.2 Å². The Morgan fingerprint density at radius 3 is 2.69 bits per heavy atom. The fraction of sp³-hybridized carbons (Fsp3) is 0.150.